The SMILES string of the molecule is COc1ccc(NC(=O)c2ccc(NC(C)=O)cc2)c(Cl)c1. The Kier molecular flexibility index (Phi) is 5.01. The molecule has 2 amide bonds. The monoisotopic (exact) mass is 318 g/mol. The van der Waals surface area contributed by atoms with Gasteiger partial charge in [-0.1, -0.05) is 11.6 Å². The average Bonchev–Trinajstić information content (AvgIpc) is 2.49. The van der Waals surface area contributed by atoms with E-state index < -0.39 is 0 Å². The lowest BCUT2D eigenvalue weighted by Gasteiger charge is -2.09. The first-order valence-corrected chi connectivity index (χ1v) is 6.90. The summed E-state index contributed by atoms with van der Waals surface area (Å²) in [5.74, 6) is 0.159. The minimum Gasteiger partial charge on any atom is -0.497 e. The summed E-state index contributed by atoms with van der Waals surface area (Å²) in [6.07, 6.45) is 0. The number of benzene rings is 2. The van der Waals surface area contributed by atoms with E-state index in [2.05, 4.69) is 10.6 Å². The minimum absolute atomic E-state index is 0.165. The molecular formula is C16H15ClN2O3. The van der Waals surface area contributed by atoms with Gasteiger partial charge in [-0.25, -0.2) is 0 Å². The molecule has 0 unspecified atom stereocenters. The number of carbonyl (C=O) groups excluding carboxylic acids is 2. The molecule has 0 saturated heterocycles. The highest BCUT2D eigenvalue weighted by molar-refractivity contribution is 6.34. The van der Waals surface area contributed by atoms with Gasteiger partial charge in [-0.15, -0.1) is 0 Å². The van der Waals surface area contributed by atoms with Gasteiger partial charge in [0.2, 0.25) is 5.91 Å². The lowest BCUT2D eigenvalue weighted by molar-refractivity contribution is -0.114. The Hall–Kier alpha value is -2.53. The van der Waals surface area contributed by atoms with Crippen LogP contribution in [0.25, 0.3) is 0 Å². The van der Waals surface area contributed by atoms with Crippen LogP contribution in [0.4, 0.5) is 11.4 Å². The molecule has 2 aromatic carbocycles. The topological polar surface area (TPSA) is 67.4 Å². The number of ether oxygens (including phenoxy) is 1. The van der Waals surface area contributed by atoms with Crippen LogP contribution >= 0.6 is 11.6 Å². The van der Waals surface area contributed by atoms with E-state index in [1.807, 2.05) is 0 Å². The second kappa shape index (κ2) is 6.95. The van der Waals surface area contributed by atoms with Crippen molar-refractivity contribution < 1.29 is 14.3 Å². The van der Waals surface area contributed by atoms with Crippen molar-refractivity contribution in [1.82, 2.24) is 0 Å². The predicted molar refractivity (Wildman–Crippen MR) is 86.7 cm³/mol. The zero-order chi connectivity index (χ0) is 16.1. The van der Waals surface area contributed by atoms with E-state index in [-0.39, 0.29) is 11.8 Å². The van der Waals surface area contributed by atoms with Crippen molar-refractivity contribution in [2.45, 2.75) is 6.92 Å². The molecule has 0 bridgehead atoms. The molecule has 0 atom stereocenters. The quantitative estimate of drug-likeness (QED) is 0.905. The molecule has 6 heteroatoms. The smallest absolute Gasteiger partial charge is 0.255 e. The van der Waals surface area contributed by atoms with Crippen LogP contribution in [0.3, 0.4) is 0 Å². The van der Waals surface area contributed by atoms with E-state index in [1.165, 1.54) is 6.92 Å². The van der Waals surface area contributed by atoms with Crippen molar-refractivity contribution >= 4 is 34.8 Å². The van der Waals surface area contributed by atoms with Crippen LogP contribution in [-0.2, 0) is 4.79 Å². The van der Waals surface area contributed by atoms with Crippen LogP contribution in [0.5, 0.6) is 5.75 Å². The number of amides is 2. The molecule has 2 N–H and O–H groups in total. The number of nitrogens with one attached hydrogen (secondary N) is 2. The van der Waals surface area contributed by atoms with Crippen molar-refractivity contribution in [1.29, 1.82) is 0 Å². The summed E-state index contributed by atoms with van der Waals surface area (Å²) in [6.45, 7) is 1.42. The third kappa shape index (κ3) is 3.99. The van der Waals surface area contributed by atoms with E-state index in [1.54, 1.807) is 49.6 Å². The van der Waals surface area contributed by atoms with E-state index in [0.29, 0.717) is 27.7 Å². The molecule has 0 aliphatic rings. The first-order chi connectivity index (χ1) is 10.5. The number of anilines is 2. The summed E-state index contributed by atoms with van der Waals surface area (Å²) < 4.78 is 5.05. The third-order valence-electron chi connectivity index (χ3n) is 2.89. The molecule has 0 aliphatic heterocycles. The molecule has 2 rings (SSSR count). The van der Waals surface area contributed by atoms with Crippen molar-refractivity contribution in [3.63, 3.8) is 0 Å². The molecular weight excluding hydrogens is 304 g/mol. The van der Waals surface area contributed by atoms with Gasteiger partial charge in [0.15, 0.2) is 0 Å². The van der Waals surface area contributed by atoms with Gasteiger partial charge in [0.25, 0.3) is 5.91 Å². The number of hydrogen-bond donors (Lipinski definition) is 2. The summed E-state index contributed by atoms with van der Waals surface area (Å²) in [6, 6.07) is 11.6. The van der Waals surface area contributed by atoms with Gasteiger partial charge >= 0.3 is 0 Å². The second-order valence-electron chi connectivity index (χ2n) is 4.56. The van der Waals surface area contributed by atoms with Crippen molar-refractivity contribution in [3.8, 4) is 5.75 Å². The molecule has 114 valence electrons. The van der Waals surface area contributed by atoms with E-state index in [4.69, 9.17) is 16.3 Å². The number of carbonyl (C=O) groups is 2. The Morgan fingerprint density at radius 3 is 2.27 bits per heavy atom. The lowest BCUT2D eigenvalue weighted by Crippen LogP contribution is -2.12. The maximum absolute atomic E-state index is 12.2. The maximum Gasteiger partial charge on any atom is 0.255 e. The van der Waals surface area contributed by atoms with Gasteiger partial charge in [-0.3, -0.25) is 9.59 Å². The largest absolute Gasteiger partial charge is 0.497 e. The van der Waals surface area contributed by atoms with Crippen LogP contribution in [0.2, 0.25) is 5.02 Å². The third-order valence-corrected chi connectivity index (χ3v) is 3.20. The van der Waals surface area contributed by atoms with Crippen LogP contribution in [0.15, 0.2) is 42.5 Å². The summed E-state index contributed by atoms with van der Waals surface area (Å²) in [5.41, 5.74) is 1.59. The van der Waals surface area contributed by atoms with Gasteiger partial charge in [-0.2, -0.15) is 0 Å². The second-order valence-corrected chi connectivity index (χ2v) is 4.97. The fraction of sp³-hybridized carbons (Fsp3) is 0.125. The molecule has 0 radical (unpaired) electrons. The van der Waals surface area contributed by atoms with Gasteiger partial charge in [0.05, 0.1) is 17.8 Å². The first-order valence-electron chi connectivity index (χ1n) is 6.52. The number of methoxy groups -OCH3 is 1. The molecule has 0 aliphatic carbocycles. The van der Waals surface area contributed by atoms with E-state index >= 15 is 0 Å². The van der Waals surface area contributed by atoms with Crippen LogP contribution in [0, 0.1) is 0 Å². The minimum atomic E-state index is -0.290. The van der Waals surface area contributed by atoms with Crippen LogP contribution in [0.1, 0.15) is 17.3 Å². The predicted octanol–water partition coefficient (Wildman–Crippen LogP) is 3.56. The zero-order valence-electron chi connectivity index (χ0n) is 12.1. The highest BCUT2D eigenvalue weighted by Crippen LogP contribution is 2.27. The highest BCUT2D eigenvalue weighted by Gasteiger charge is 2.09. The molecule has 22 heavy (non-hydrogen) atoms. The van der Waals surface area contributed by atoms with Crippen LogP contribution in [-0.4, -0.2) is 18.9 Å². The fourth-order valence-electron chi connectivity index (χ4n) is 1.83. The number of halogens is 1. The van der Waals surface area contributed by atoms with Gasteiger partial charge in [0, 0.05) is 24.2 Å². The summed E-state index contributed by atoms with van der Waals surface area (Å²) in [5, 5.41) is 5.75. The molecule has 0 fully saturated rings. The van der Waals surface area contributed by atoms with Crippen molar-refractivity contribution in [2.75, 3.05) is 17.7 Å². The summed E-state index contributed by atoms with van der Waals surface area (Å²) in [4.78, 5) is 23.1. The lowest BCUT2D eigenvalue weighted by atomic mass is 10.2. The van der Waals surface area contributed by atoms with Gasteiger partial charge < -0.3 is 15.4 Å². The van der Waals surface area contributed by atoms with E-state index in [0.717, 1.165) is 0 Å². The van der Waals surface area contributed by atoms with Gasteiger partial charge in [-0.05, 0) is 36.4 Å². The highest BCUT2D eigenvalue weighted by atomic mass is 35.5. The Morgan fingerprint density at radius 1 is 1.05 bits per heavy atom. The Morgan fingerprint density at radius 2 is 1.73 bits per heavy atom. The Bertz CT molecular complexity index is 699. The fourth-order valence-corrected chi connectivity index (χ4v) is 2.04. The number of rotatable bonds is 4. The molecule has 2 aromatic rings. The molecule has 0 spiro atoms. The summed E-state index contributed by atoms with van der Waals surface area (Å²) >= 11 is 6.08. The maximum atomic E-state index is 12.2. The van der Waals surface area contributed by atoms with Gasteiger partial charge in [0.1, 0.15) is 5.75 Å². The first kappa shape index (κ1) is 15.9. The standard InChI is InChI=1S/C16H15ClN2O3/c1-10(20)18-12-5-3-11(4-6-12)16(21)19-15-8-7-13(22-2)9-14(15)17/h3-9H,1-2H3,(H,18,20)(H,19,21). The van der Waals surface area contributed by atoms with Crippen LogP contribution < -0.4 is 15.4 Å². The van der Waals surface area contributed by atoms with E-state index in [9.17, 15) is 9.59 Å². The molecule has 0 aromatic heterocycles. The molecule has 0 saturated carbocycles. The Labute approximate surface area is 133 Å². The molecule has 0 heterocycles. The summed E-state index contributed by atoms with van der Waals surface area (Å²) in [7, 11) is 1.54. The normalized spacial score (nSPS) is 9.95. The molecule has 5 nitrogen and oxygen atoms in total. The van der Waals surface area contributed by atoms with Crippen molar-refractivity contribution in [3.05, 3.63) is 53.1 Å². The Balaban J connectivity index is 2.10. The number of hydrogen-bond acceptors (Lipinski definition) is 3. The average molecular weight is 319 g/mol. The van der Waals surface area contributed by atoms with Crippen molar-refractivity contribution in [2.24, 2.45) is 0 Å². The zero-order valence-corrected chi connectivity index (χ0v) is 12.9.